The van der Waals surface area contributed by atoms with Crippen molar-refractivity contribution in [1.82, 2.24) is 9.66 Å². The van der Waals surface area contributed by atoms with Gasteiger partial charge in [0.05, 0.1) is 17.2 Å². The Morgan fingerprint density at radius 2 is 1.76 bits per heavy atom. The van der Waals surface area contributed by atoms with Crippen LogP contribution in [0.4, 0.5) is 0 Å². The van der Waals surface area contributed by atoms with E-state index in [4.69, 9.17) is 4.74 Å². The van der Waals surface area contributed by atoms with Crippen LogP contribution in [0.2, 0.25) is 0 Å². The Bertz CT molecular complexity index is 1010. The molecule has 0 unspecified atom stereocenters. The Hall–Kier alpha value is -3.40. The summed E-state index contributed by atoms with van der Waals surface area (Å²) in [5, 5.41) is 4.50. The minimum atomic E-state index is 0.549. The maximum Gasteiger partial charge on any atom is 0.120 e. The third-order valence-corrected chi connectivity index (χ3v) is 3.87. The maximum absolute atomic E-state index is 5.86. The molecule has 0 aliphatic carbocycles. The first kappa shape index (κ1) is 15.1. The molecule has 4 nitrogen and oxygen atoms in total. The molecule has 3 aromatic carbocycles. The quantitative estimate of drug-likeness (QED) is 0.506. The highest BCUT2D eigenvalue weighted by molar-refractivity contribution is 5.81. The van der Waals surface area contributed by atoms with E-state index in [9.17, 15) is 0 Å². The summed E-state index contributed by atoms with van der Waals surface area (Å²) in [7, 11) is 0. The van der Waals surface area contributed by atoms with Gasteiger partial charge in [0, 0.05) is 0 Å². The van der Waals surface area contributed by atoms with Crippen molar-refractivity contribution >= 4 is 17.2 Å². The number of hydrogen-bond donors (Lipinski definition) is 0. The van der Waals surface area contributed by atoms with Crippen LogP contribution in [-0.4, -0.2) is 15.9 Å². The molecule has 122 valence electrons. The van der Waals surface area contributed by atoms with Gasteiger partial charge in [-0.05, 0) is 35.4 Å². The van der Waals surface area contributed by atoms with Crippen LogP contribution in [0, 0.1) is 0 Å². The van der Waals surface area contributed by atoms with E-state index >= 15 is 0 Å². The lowest BCUT2D eigenvalue weighted by Crippen LogP contribution is -1.96. The van der Waals surface area contributed by atoms with Gasteiger partial charge in [-0.3, -0.25) is 0 Å². The predicted molar refractivity (Wildman–Crippen MR) is 99.9 cm³/mol. The Labute approximate surface area is 146 Å². The SMILES string of the molecule is C(=N/n1cnc2ccccc21)/c1cccc(OCc2ccccc2)c1. The number of nitrogens with zero attached hydrogens (tertiary/aromatic N) is 3. The lowest BCUT2D eigenvalue weighted by atomic mass is 10.2. The van der Waals surface area contributed by atoms with Gasteiger partial charge >= 0.3 is 0 Å². The lowest BCUT2D eigenvalue weighted by Gasteiger charge is -2.06. The molecule has 0 bridgehead atoms. The van der Waals surface area contributed by atoms with E-state index in [0.717, 1.165) is 27.9 Å². The Balaban J connectivity index is 1.49. The van der Waals surface area contributed by atoms with Gasteiger partial charge in [-0.15, -0.1) is 0 Å². The third kappa shape index (κ3) is 3.58. The van der Waals surface area contributed by atoms with Gasteiger partial charge < -0.3 is 4.74 Å². The number of ether oxygens (including phenoxy) is 1. The van der Waals surface area contributed by atoms with Crippen LogP contribution < -0.4 is 4.74 Å². The van der Waals surface area contributed by atoms with Gasteiger partial charge in [-0.1, -0.05) is 54.6 Å². The van der Waals surface area contributed by atoms with Gasteiger partial charge in [0.15, 0.2) is 0 Å². The van der Waals surface area contributed by atoms with Gasteiger partial charge in [0.1, 0.15) is 18.7 Å². The first-order valence-electron chi connectivity index (χ1n) is 8.12. The molecule has 0 amide bonds. The topological polar surface area (TPSA) is 39.4 Å². The highest BCUT2D eigenvalue weighted by atomic mass is 16.5. The normalized spacial score (nSPS) is 11.2. The van der Waals surface area contributed by atoms with Gasteiger partial charge in [-0.25, -0.2) is 9.66 Å². The first-order chi connectivity index (χ1) is 12.4. The Morgan fingerprint density at radius 1 is 0.920 bits per heavy atom. The molecule has 4 aromatic rings. The van der Waals surface area contributed by atoms with Crippen LogP contribution in [0.3, 0.4) is 0 Å². The number of rotatable bonds is 5. The fourth-order valence-corrected chi connectivity index (χ4v) is 2.59. The second-order valence-corrected chi connectivity index (χ2v) is 5.67. The molecule has 0 saturated carbocycles. The molecule has 0 N–H and O–H groups in total. The van der Waals surface area contributed by atoms with E-state index in [1.54, 1.807) is 11.0 Å². The van der Waals surface area contributed by atoms with Gasteiger partial charge in [0.2, 0.25) is 0 Å². The monoisotopic (exact) mass is 327 g/mol. The summed E-state index contributed by atoms with van der Waals surface area (Å²) < 4.78 is 7.63. The second-order valence-electron chi connectivity index (χ2n) is 5.67. The fourth-order valence-electron chi connectivity index (χ4n) is 2.59. The zero-order valence-corrected chi connectivity index (χ0v) is 13.6. The predicted octanol–water partition coefficient (Wildman–Crippen LogP) is 4.50. The largest absolute Gasteiger partial charge is 0.489 e. The first-order valence-corrected chi connectivity index (χ1v) is 8.12. The van der Waals surface area contributed by atoms with Crippen LogP contribution >= 0.6 is 0 Å². The molecular formula is C21H17N3O. The summed E-state index contributed by atoms with van der Waals surface area (Å²) in [6.07, 6.45) is 3.53. The molecule has 4 heteroatoms. The van der Waals surface area contributed by atoms with Crippen molar-refractivity contribution in [2.24, 2.45) is 5.10 Å². The van der Waals surface area contributed by atoms with Gasteiger partial charge in [-0.2, -0.15) is 5.10 Å². The third-order valence-electron chi connectivity index (χ3n) is 3.87. The lowest BCUT2D eigenvalue weighted by molar-refractivity contribution is 0.306. The molecule has 0 aliphatic rings. The number of imidazole rings is 1. The fraction of sp³-hybridized carbons (Fsp3) is 0.0476. The zero-order valence-electron chi connectivity index (χ0n) is 13.6. The van der Waals surface area contributed by atoms with Crippen molar-refractivity contribution in [2.75, 3.05) is 0 Å². The summed E-state index contributed by atoms with van der Waals surface area (Å²) in [6, 6.07) is 25.9. The maximum atomic E-state index is 5.86. The van der Waals surface area contributed by atoms with E-state index in [1.165, 1.54) is 0 Å². The van der Waals surface area contributed by atoms with Crippen LogP contribution in [-0.2, 0) is 6.61 Å². The minimum Gasteiger partial charge on any atom is -0.489 e. The van der Waals surface area contributed by atoms with E-state index < -0.39 is 0 Å². The van der Waals surface area contributed by atoms with Crippen LogP contribution in [0.1, 0.15) is 11.1 Å². The van der Waals surface area contributed by atoms with Crippen molar-refractivity contribution in [2.45, 2.75) is 6.61 Å². The summed E-state index contributed by atoms with van der Waals surface area (Å²) >= 11 is 0. The van der Waals surface area contributed by atoms with Crippen molar-refractivity contribution in [1.29, 1.82) is 0 Å². The van der Waals surface area contributed by atoms with E-state index in [2.05, 4.69) is 22.2 Å². The van der Waals surface area contributed by atoms with Crippen LogP contribution in [0.25, 0.3) is 11.0 Å². The molecule has 0 aliphatic heterocycles. The van der Waals surface area contributed by atoms with Crippen molar-refractivity contribution < 1.29 is 4.74 Å². The van der Waals surface area contributed by atoms with Crippen molar-refractivity contribution in [3.05, 3.63) is 96.3 Å². The Morgan fingerprint density at radius 3 is 2.68 bits per heavy atom. The van der Waals surface area contributed by atoms with Crippen molar-refractivity contribution in [3.63, 3.8) is 0 Å². The molecule has 1 aromatic heterocycles. The summed E-state index contributed by atoms with van der Waals surface area (Å²) in [6.45, 7) is 0.549. The molecule has 4 rings (SSSR count). The molecule has 25 heavy (non-hydrogen) atoms. The average molecular weight is 327 g/mol. The number of benzene rings is 3. The van der Waals surface area contributed by atoms with Crippen LogP contribution in [0.15, 0.2) is 90.3 Å². The summed E-state index contributed by atoms with van der Waals surface area (Å²) in [5.41, 5.74) is 4.03. The highest BCUT2D eigenvalue weighted by Crippen LogP contribution is 2.15. The summed E-state index contributed by atoms with van der Waals surface area (Å²) in [4.78, 5) is 4.34. The van der Waals surface area contributed by atoms with Gasteiger partial charge in [0.25, 0.3) is 0 Å². The standard InChI is InChI=1S/C21H17N3O/c1-2-7-17(8-3-1)15-25-19-10-6-9-18(13-19)14-23-24-16-22-20-11-4-5-12-21(20)24/h1-14,16H,15H2/b23-14-. The molecule has 0 atom stereocenters. The average Bonchev–Trinajstić information content (AvgIpc) is 3.09. The van der Waals surface area contributed by atoms with Crippen molar-refractivity contribution in [3.8, 4) is 5.75 Å². The smallest absolute Gasteiger partial charge is 0.120 e. The number of fused-ring (bicyclic) bond motifs is 1. The van der Waals surface area contributed by atoms with E-state index in [1.807, 2.05) is 72.9 Å². The van der Waals surface area contributed by atoms with Crippen LogP contribution in [0.5, 0.6) is 5.75 Å². The molecule has 0 saturated heterocycles. The zero-order chi connectivity index (χ0) is 16.9. The minimum absolute atomic E-state index is 0.549. The number of aromatic nitrogens is 2. The molecular weight excluding hydrogens is 310 g/mol. The Kier molecular flexibility index (Phi) is 4.25. The highest BCUT2D eigenvalue weighted by Gasteiger charge is 2.00. The molecule has 0 spiro atoms. The number of para-hydroxylation sites is 2. The number of hydrogen-bond acceptors (Lipinski definition) is 3. The van der Waals surface area contributed by atoms with E-state index in [0.29, 0.717) is 6.61 Å². The molecule has 1 heterocycles. The second kappa shape index (κ2) is 7.01. The summed E-state index contributed by atoms with van der Waals surface area (Å²) in [5.74, 6) is 0.822. The molecule has 0 radical (unpaired) electrons. The van der Waals surface area contributed by atoms with E-state index in [-0.39, 0.29) is 0 Å². The molecule has 0 fully saturated rings.